The monoisotopic (exact) mass is 262 g/mol. The summed E-state index contributed by atoms with van der Waals surface area (Å²) in [6.45, 7) is 0.191. The first-order valence-corrected chi connectivity index (χ1v) is 5.14. The largest absolute Gasteiger partial charge is 0.478 e. The maximum absolute atomic E-state index is 10.8. The number of nitrogens with zero attached hydrogens (tertiary/aromatic N) is 2. The van der Waals surface area contributed by atoms with Crippen LogP contribution in [0, 0.1) is 0 Å². The number of carbonyl (C=O) groups excluding carboxylic acids is 1. The highest BCUT2D eigenvalue weighted by atomic mass is 16.4. The molecule has 2 N–H and O–H groups in total. The zero-order valence-corrected chi connectivity index (χ0v) is 9.68. The van der Waals surface area contributed by atoms with Gasteiger partial charge in [-0.25, -0.2) is 14.6 Å². The fourth-order valence-corrected chi connectivity index (χ4v) is 1.16. The van der Waals surface area contributed by atoms with Crippen molar-refractivity contribution in [2.75, 3.05) is 6.54 Å². The number of benzene rings is 1. The van der Waals surface area contributed by atoms with Crippen molar-refractivity contribution in [3.05, 3.63) is 47.1 Å². The van der Waals surface area contributed by atoms with Crippen molar-refractivity contribution in [1.82, 2.24) is 0 Å². The average Bonchev–Trinajstić information content (AvgIpc) is 2.37. The number of amides is 1. The Hall–Kier alpha value is -2.83. The van der Waals surface area contributed by atoms with E-state index in [2.05, 4.69) is 9.98 Å². The van der Waals surface area contributed by atoms with Gasteiger partial charge in [0.2, 0.25) is 0 Å². The molecule has 0 saturated heterocycles. The van der Waals surface area contributed by atoms with Crippen molar-refractivity contribution in [3.63, 3.8) is 0 Å². The third-order valence-electron chi connectivity index (χ3n) is 1.88. The molecule has 0 aliphatic carbocycles. The van der Waals surface area contributed by atoms with Gasteiger partial charge >= 0.3 is 11.9 Å². The summed E-state index contributed by atoms with van der Waals surface area (Å²) in [5.74, 6) is -2.68. The summed E-state index contributed by atoms with van der Waals surface area (Å²) in [7, 11) is 0. The fraction of sp³-hybridized carbons (Fsp3) is 0.0833. The van der Waals surface area contributed by atoms with Crippen molar-refractivity contribution in [1.29, 1.82) is 0 Å². The molecule has 0 bridgehead atoms. The van der Waals surface area contributed by atoms with E-state index in [4.69, 9.17) is 10.2 Å². The highest BCUT2D eigenvalue weighted by molar-refractivity contribution is 5.89. The van der Waals surface area contributed by atoms with Crippen molar-refractivity contribution >= 4 is 17.8 Å². The molecule has 98 valence electrons. The third-order valence-corrected chi connectivity index (χ3v) is 1.88. The molecule has 19 heavy (non-hydrogen) atoms. The third kappa shape index (κ3) is 5.35. The van der Waals surface area contributed by atoms with Crippen molar-refractivity contribution in [3.8, 4) is 0 Å². The number of hydrogen-bond acceptors (Lipinski definition) is 4. The number of rotatable bonds is 2. The second-order valence-corrected chi connectivity index (χ2v) is 3.32. The van der Waals surface area contributed by atoms with Crippen molar-refractivity contribution < 1.29 is 24.6 Å². The standard InChI is InChI=1S/C8H6N2O.C4H4O4/c11-8-5-9-6-3-1-2-4-7(6)10-8;5-3(6)1-2-4(7)8/h1-4H,5H2;1-2H,(H,5,6)(H,7,8)/b;2-1+. The van der Waals surface area contributed by atoms with E-state index in [0.717, 1.165) is 5.36 Å². The molecule has 7 nitrogen and oxygen atoms in total. The molecule has 1 aliphatic rings. The molecule has 1 aliphatic heterocycles. The Bertz CT molecular complexity index is 632. The number of carboxylic acid groups (broad SMARTS) is 2. The van der Waals surface area contributed by atoms with Crippen LogP contribution in [-0.4, -0.2) is 34.6 Å². The highest BCUT2D eigenvalue weighted by Gasteiger charge is 2.01. The van der Waals surface area contributed by atoms with Crippen LogP contribution in [-0.2, 0) is 14.4 Å². The smallest absolute Gasteiger partial charge is 0.328 e. The number of para-hydroxylation sites is 2. The number of hydrogen-bond donors (Lipinski definition) is 2. The Morgan fingerprint density at radius 2 is 1.58 bits per heavy atom. The molecule has 1 amide bonds. The zero-order valence-electron chi connectivity index (χ0n) is 9.68. The van der Waals surface area contributed by atoms with E-state index < -0.39 is 11.9 Å². The average molecular weight is 262 g/mol. The van der Waals surface area contributed by atoms with Crippen LogP contribution in [0.5, 0.6) is 0 Å². The minimum absolute atomic E-state index is 0.163. The lowest BCUT2D eigenvalue weighted by Crippen LogP contribution is -2.31. The lowest BCUT2D eigenvalue weighted by Gasteiger charge is -1.95. The van der Waals surface area contributed by atoms with Gasteiger partial charge in [0.1, 0.15) is 6.54 Å². The fourth-order valence-electron chi connectivity index (χ4n) is 1.16. The molecule has 0 radical (unpaired) electrons. The van der Waals surface area contributed by atoms with E-state index in [-0.39, 0.29) is 12.5 Å². The normalized spacial score (nSPS) is 12.5. The summed E-state index contributed by atoms with van der Waals surface area (Å²) in [6, 6.07) is 7.37. The van der Waals surface area contributed by atoms with Gasteiger partial charge in [-0.15, -0.1) is 0 Å². The van der Waals surface area contributed by atoms with Gasteiger partial charge < -0.3 is 10.2 Å². The van der Waals surface area contributed by atoms with Crippen LogP contribution in [0.1, 0.15) is 0 Å². The molecule has 0 saturated carbocycles. The molecule has 1 aromatic rings. The summed E-state index contributed by atoms with van der Waals surface area (Å²) in [5, 5.41) is 17.1. The second kappa shape index (κ2) is 6.80. The summed E-state index contributed by atoms with van der Waals surface area (Å²) in [5.41, 5.74) is 0. The van der Waals surface area contributed by atoms with Crippen LogP contribution in [0.4, 0.5) is 0 Å². The molecular weight excluding hydrogens is 252 g/mol. The Labute approximate surface area is 107 Å². The molecule has 0 aromatic heterocycles. The first-order chi connectivity index (χ1) is 8.99. The molecule has 7 heteroatoms. The van der Waals surface area contributed by atoms with E-state index in [1.54, 1.807) is 6.07 Å². The molecule has 2 rings (SSSR count). The van der Waals surface area contributed by atoms with Crippen LogP contribution in [0.25, 0.3) is 0 Å². The minimum Gasteiger partial charge on any atom is -0.478 e. The van der Waals surface area contributed by atoms with Gasteiger partial charge in [0.25, 0.3) is 5.91 Å². The van der Waals surface area contributed by atoms with Gasteiger partial charge in [0.05, 0.1) is 10.7 Å². The maximum Gasteiger partial charge on any atom is 0.328 e. The summed E-state index contributed by atoms with van der Waals surface area (Å²) in [6.07, 6.45) is 1.12. The molecule has 0 atom stereocenters. The van der Waals surface area contributed by atoms with Gasteiger partial charge in [-0.05, 0) is 12.1 Å². The van der Waals surface area contributed by atoms with Crippen LogP contribution in [0.3, 0.4) is 0 Å². The van der Waals surface area contributed by atoms with Gasteiger partial charge in [-0.3, -0.25) is 9.79 Å². The van der Waals surface area contributed by atoms with E-state index in [1.807, 2.05) is 18.2 Å². The first-order valence-electron chi connectivity index (χ1n) is 5.14. The Balaban J connectivity index is 0.000000203. The van der Waals surface area contributed by atoms with Gasteiger partial charge in [-0.1, -0.05) is 12.1 Å². The summed E-state index contributed by atoms with van der Waals surface area (Å²) < 4.78 is 0. The predicted octanol–water partition coefficient (Wildman–Crippen LogP) is -0.822. The van der Waals surface area contributed by atoms with E-state index in [0.29, 0.717) is 17.5 Å². The van der Waals surface area contributed by atoms with Crippen LogP contribution in [0.15, 0.2) is 46.4 Å². The van der Waals surface area contributed by atoms with E-state index in [9.17, 15) is 14.4 Å². The van der Waals surface area contributed by atoms with Crippen molar-refractivity contribution in [2.45, 2.75) is 0 Å². The van der Waals surface area contributed by atoms with Gasteiger partial charge in [0, 0.05) is 12.2 Å². The number of carboxylic acids is 2. The second-order valence-electron chi connectivity index (χ2n) is 3.32. The molecule has 1 aromatic carbocycles. The molecule has 0 unspecified atom stereocenters. The molecular formula is C12H10N2O5. The number of fused-ring (bicyclic) bond motifs is 1. The molecule has 0 fully saturated rings. The minimum atomic E-state index is -1.26. The SMILES string of the molecule is O=C(O)/C=C/C(=O)O.O=C1CN=c2ccccc2=N1. The number of aliphatic carboxylic acids is 2. The summed E-state index contributed by atoms with van der Waals surface area (Å²) in [4.78, 5) is 37.7. The van der Waals surface area contributed by atoms with Crippen LogP contribution in [0.2, 0.25) is 0 Å². The number of carbonyl (C=O) groups is 3. The molecule has 0 spiro atoms. The Kier molecular flexibility index (Phi) is 5.09. The van der Waals surface area contributed by atoms with Crippen LogP contribution >= 0.6 is 0 Å². The van der Waals surface area contributed by atoms with Crippen LogP contribution < -0.4 is 10.7 Å². The predicted molar refractivity (Wildman–Crippen MR) is 63.0 cm³/mol. The topological polar surface area (TPSA) is 116 Å². The lowest BCUT2D eigenvalue weighted by atomic mass is 10.3. The zero-order chi connectivity index (χ0) is 14.3. The quantitative estimate of drug-likeness (QED) is 0.675. The summed E-state index contributed by atoms with van der Waals surface area (Å²) >= 11 is 0. The Morgan fingerprint density at radius 3 is 2.11 bits per heavy atom. The molecule has 1 heterocycles. The highest BCUT2D eigenvalue weighted by Crippen LogP contribution is 1.80. The van der Waals surface area contributed by atoms with Crippen molar-refractivity contribution in [2.24, 2.45) is 9.98 Å². The van der Waals surface area contributed by atoms with E-state index in [1.165, 1.54) is 0 Å². The van der Waals surface area contributed by atoms with Gasteiger partial charge in [-0.2, -0.15) is 0 Å². The van der Waals surface area contributed by atoms with E-state index >= 15 is 0 Å². The maximum atomic E-state index is 10.8. The first kappa shape index (κ1) is 14.2. The lowest BCUT2D eigenvalue weighted by molar-refractivity contribution is -0.134. The van der Waals surface area contributed by atoms with Gasteiger partial charge in [0.15, 0.2) is 0 Å². The Morgan fingerprint density at radius 1 is 1.05 bits per heavy atom.